The Kier molecular flexibility index (Phi) is 5.45. The van der Waals surface area contributed by atoms with E-state index < -0.39 is 0 Å². The van der Waals surface area contributed by atoms with E-state index in [1.807, 2.05) is 12.1 Å². The number of hydrogen-bond acceptors (Lipinski definition) is 3. The standard InChI is InChI=1S/C17H24O3/c1-3-9-19-16-11-13-7-5-6-8-15(18)14(13)12-17(16)20-10-4-2/h11-12H,3-10H2,1-2H3. The van der Waals surface area contributed by atoms with E-state index in [0.717, 1.165) is 49.0 Å². The fourth-order valence-electron chi connectivity index (χ4n) is 2.45. The van der Waals surface area contributed by atoms with Crippen LogP contribution in [-0.4, -0.2) is 19.0 Å². The number of rotatable bonds is 6. The van der Waals surface area contributed by atoms with Gasteiger partial charge in [0.25, 0.3) is 0 Å². The van der Waals surface area contributed by atoms with E-state index in [1.54, 1.807) is 0 Å². The molecule has 0 heterocycles. The lowest BCUT2D eigenvalue weighted by atomic mass is 10.0. The Bertz CT molecular complexity index is 466. The second-order valence-corrected chi connectivity index (χ2v) is 5.28. The predicted octanol–water partition coefficient (Wildman–Crippen LogP) is 4.17. The van der Waals surface area contributed by atoms with Gasteiger partial charge in [0.2, 0.25) is 0 Å². The van der Waals surface area contributed by atoms with Gasteiger partial charge in [-0.2, -0.15) is 0 Å². The molecule has 0 aromatic heterocycles. The predicted molar refractivity (Wildman–Crippen MR) is 79.9 cm³/mol. The number of carbonyl (C=O) groups excluding carboxylic acids is 1. The van der Waals surface area contributed by atoms with Gasteiger partial charge in [-0.1, -0.05) is 13.8 Å². The minimum atomic E-state index is 0.237. The van der Waals surface area contributed by atoms with Crippen molar-refractivity contribution < 1.29 is 14.3 Å². The Balaban J connectivity index is 2.33. The van der Waals surface area contributed by atoms with Crippen LogP contribution < -0.4 is 9.47 Å². The maximum atomic E-state index is 12.2. The van der Waals surface area contributed by atoms with Gasteiger partial charge < -0.3 is 9.47 Å². The van der Waals surface area contributed by atoms with Crippen LogP contribution >= 0.6 is 0 Å². The Hall–Kier alpha value is -1.51. The average Bonchev–Trinajstić information content (AvgIpc) is 2.64. The van der Waals surface area contributed by atoms with Gasteiger partial charge in [-0.3, -0.25) is 4.79 Å². The molecule has 1 aliphatic carbocycles. The highest BCUT2D eigenvalue weighted by Crippen LogP contribution is 2.34. The van der Waals surface area contributed by atoms with E-state index in [9.17, 15) is 4.79 Å². The van der Waals surface area contributed by atoms with Gasteiger partial charge in [-0.25, -0.2) is 0 Å². The zero-order valence-electron chi connectivity index (χ0n) is 12.5. The van der Waals surface area contributed by atoms with Crippen molar-refractivity contribution in [1.29, 1.82) is 0 Å². The fraction of sp³-hybridized carbons (Fsp3) is 0.588. The Morgan fingerprint density at radius 3 is 2.20 bits per heavy atom. The number of hydrogen-bond donors (Lipinski definition) is 0. The summed E-state index contributed by atoms with van der Waals surface area (Å²) >= 11 is 0. The van der Waals surface area contributed by atoms with Gasteiger partial charge in [-0.15, -0.1) is 0 Å². The summed E-state index contributed by atoms with van der Waals surface area (Å²) in [5, 5.41) is 0. The van der Waals surface area contributed by atoms with Crippen molar-refractivity contribution in [3.05, 3.63) is 23.3 Å². The smallest absolute Gasteiger partial charge is 0.163 e. The van der Waals surface area contributed by atoms with Crippen LogP contribution in [0.1, 0.15) is 61.9 Å². The van der Waals surface area contributed by atoms with Crippen molar-refractivity contribution in [1.82, 2.24) is 0 Å². The molecule has 1 aromatic carbocycles. The first kappa shape index (κ1) is 14.9. The molecule has 0 saturated carbocycles. The molecule has 3 heteroatoms. The molecular weight excluding hydrogens is 252 g/mol. The van der Waals surface area contributed by atoms with Crippen molar-refractivity contribution in [3.8, 4) is 11.5 Å². The normalized spacial score (nSPS) is 14.6. The molecule has 0 bridgehead atoms. The Morgan fingerprint density at radius 2 is 1.55 bits per heavy atom. The van der Waals surface area contributed by atoms with E-state index in [-0.39, 0.29) is 5.78 Å². The largest absolute Gasteiger partial charge is 0.490 e. The minimum absolute atomic E-state index is 0.237. The third kappa shape index (κ3) is 3.53. The molecule has 0 fully saturated rings. The lowest BCUT2D eigenvalue weighted by Gasteiger charge is -2.15. The molecule has 2 rings (SSSR count). The number of fused-ring (bicyclic) bond motifs is 1. The number of ether oxygens (including phenoxy) is 2. The number of ketones is 1. The summed E-state index contributed by atoms with van der Waals surface area (Å²) in [5.41, 5.74) is 1.94. The third-order valence-electron chi connectivity index (χ3n) is 3.49. The first-order chi connectivity index (χ1) is 9.76. The van der Waals surface area contributed by atoms with Crippen LogP contribution in [0.15, 0.2) is 12.1 Å². The van der Waals surface area contributed by atoms with Crippen LogP contribution in [0, 0.1) is 0 Å². The van der Waals surface area contributed by atoms with Gasteiger partial charge in [0.05, 0.1) is 13.2 Å². The molecule has 1 aromatic rings. The number of aryl methyl sites for hydroxylation is 1. The van der Waals surface area contributed by atoms with E-state index in [0.29, 0.717) is 25.4 Å². The average molecular weight is 276 g/mol. The zero-order chi connectivity index (χ0) is 14.4. The van der Waals surface area contributed by atoms with Crippen LogP contribution in [0.3, 0.4) is 0 Å². The lowest BCUT2D eigenvalue weighted by molar-refractivity contribution is 0.0981. The lowest BCUT2D eigenvalue weighted by Crippen LogP contribution is -2.06. The molecule has 0 atom stereocenters. The minimum Gasteiger partial charge on any atom is -0.490 e. The molecule has 3 nitrogen and oxygen atoms in total. The van der Waals surface area contributed by atoms with Gasteiger partial charge >= 0.3 is 0 Å². The van der Waals surface area contributed by atoms with Crippen molar-refractivity contribution in [2.45, 2.75) is 52.4 Å². The maximum Gasteiger partial charge on any atom is 0.163 e. The van der Waals surface area contributed by atoms with Crippen molar-refractivity contribution in [3.63, 3.8) is 0 Å². The van der Waals surface area contributed by atoms with Crippen LogP contribution in [0.25, 0.3) is 0 Å². The molecule has 0 N–H and O–H groups in total. The topological polar surface area (TPSA) is 35.5 Å². The second-order valence-electron chi connectivity index (χ2n) is 5.28. The van der Waals surface area contributed by atoms with Crippen LogP contribution in [0.4, 0.5) is 0 Å². The molecule has 0 amide bonds. The van der Waals surface area contributed by atoms with Crippen LogP contribution in [-0.2, 0) is 6.42 Å². The van der Waals surface area contributed by atoms with Gasteiger partial charge in [0, 0.05) is 12.0 Å². The highest BCUT2D eigenvalue weighted by Gasteiger charge is 2.19. The summed E-state index contributed by atoms with van der Waals surface area (Å²) in [4.78, 5) is 12.2. The second kappa shape index (κ2) is 7.32. The van der Waals surface area contributed by atoms with Crippen molar-refractivity contribution in [2.75, 3.05) is 13.2 Å². The number of Topliss-reactive ketones (excluding diaryl/α,β-unsaturated/α-hetero) is 1. The molecular formula is C17H24O3. The highest BCUT2D eigenvalue weighted by atomic mass is 16.5. The van der Waals surface area contributed by atoms with E-state index in [1.165, 1.54) is 0 Å². The zero-order valence-corrected chi connectivity index (χ0v) is 12.5. The molecule has 20 heavy (non-hydrogen) atoms. The van der Waals surface area contributed by atoms with E-state index in [4.69, 9.17) is 9.47 Å². The highest BCUT2D eigenvalue weighted by molar-refractivity contribution is 5.98. The summed E-state index contributed by atoms with van der Waals surface area (Å²) in [6.07, 6.45) is 5.55. The van der Waals surface area contributed by atoms with E-state index >= 15 is 0 Å². The van der Waals surface area contributed by atoms with Crippen molar-refractivity contribution >= 4 is 5.78 Å². The molecule has 0 unspecified atom stereocenters. The molecule has 0 radical (unpaired) electrons. The number of carbonyl (C=O) groups is 1. The third-order valence-corrected chi connectivity index (χ3v) is 3.49. The summed E-state index contributed by atoms with van der Waals surface area (Å²) in [6, 6.07) is 3.91. The van der Waals surface area contributed by atoms with Gasteiger partial charge in [0.15, 0.2) is 17.3 Å². The number of benzene rings is 1. The SMILES string of the molecule is CCCOc1cc2c(cc1OCCC)C(=O)CCCC2. The molecule has 0 aliphatic heterocycles. The first-order valence-corrected chi connectivity index (χ1v) is 7.72. The molecule has 1 aliphatic rings. The fourth-order valence-corrected chi connectivity index (χ4v) is 2.45. The van der Waals surface area contributed by atoms with Gasteiger partial charge in [-0.05, 0) is 49.8 Å². The quantitative estimate of drug-likeness (QED) is 0.731. The molecule has 0 spiro atoms. The summed E-state index contributed by atoms with van der Waals surface area (Å²) < 4.78 is 11.6. The molecule has 110 valence electrons. The van der Waals surface area contributed by atoms with Gasteiger partial charge in [0.1, 0.15) is 0 Å². The van der Waals surface area contributed by atoms with Crippen LogP contribution in [0.2, 0.25) is 0 Å². The summed E-state index contributed by atoms with van der Waals surface area (Å²) in [7, 11) is 0. The first-order valence-electron chi connectivity index (χ1n) is 7.72. The Morgan fingerprint density at radius 1 is 0.950 bits per heavy atom. The monoisotopic (exact) mass is 276 g/mol. The summed E-state index contributed by atoms with van der Waals surface area (Å²) in [6.45, 7) is 5.48. The van der Waals surface area contributed by atoms with Crippen LogP contribution in [0.5, 0.6) is 11.5 Å². The molecule has 0 saturated heterocycles. The maximum absolute atomic E-state index is 12.2. The van der Waals surface area contributed by atoms with Crippen molar-refractivity contribution in [2.24, 2.45) is 0 Å². The summed E-state index contributed by atoms with van der Waals surface area (Å²) in [5.74, 6) is 1.74. The van der Waals surface area contributed by atoms with E-state index in [2.05, 4.69) is 13.8 Å². The Labute approximate surface area is 121 Å².